The average Bonchev–Trinajstić information content (AvgIpc) is 2.49. The molecule has 4 aliphatic carbocycles. The number of thiol groups is 1. The number of hydrogen-bond acceptors (Lipinski definition) is 1. The second-order valence-electron chi connectivity index (χ2n) is 7.61. The second-order valence-corrected chi connectivity index (χ2v) is 8.69. The Morgan fingerprint density at radius 1 is 1.00 bits per heavy atom. The van der Waals surface area contributed by atoms with Crippen molar-refractivity contribution in [3.05, 3.63) is 0 Å². The molecule has 8 atom stereocenters. The summed E-state index contributed by atoms with van der Waals surface area (Å²) in [6.45, 7) is 4.92. The molecule has 4 aliphatic rings. The van der Waals surface area contributed by atoms with E-state index < -0.39 is 0 Å². The number of rotatable bonds is 0. The van der Waals surface area contributed by atoms with Gasteiger partial charge in [-0.1, -0.05) is 20.3 Å². The molecule has 0 aromatic carbocycles. The molecular formula is C15H24S. The summed E-state index contributed by atoms with van der Waals surface area (Å²) in [4.78, 5) is 0. The normalized spacial score (nSPS) is 67.3. The average molecular weight is 236 g/mol. The first-order valence-electron chi connectivity index (χ1n) is 7.29. The van der Waals surface area contributed by atoms with Crippen LogP contribution in [0.4, 0.5) is 0 Å². The molecule has 0 aromatic heterocycles. The van der Waals surface area contributed by atoms with E-state index in [1.54, 1.807) is 12.8 Å². The van der Waals surface area contributed by atoms with E-state index in [4.69, 9.17) is 12.6 Å². The Bertz CT molecular complexity index is 321. The summed E-state index contributed by atoms with van der Waals surface area (Å²) in [5.41, 5.74) is 0. The van der Waals surface area contributed by atoms with Crippen molar-refractivity contribution in [2.75, 3.05) is 0 Å². The van der Waals surface area contributed by atoms with Crippen molar-refractivity contribution in [3.8, 4) is 0 Å². The maximum atomic E-state index is 4.94. The van der Waals surface area contributed by atoms with Crippen molar-refractivity contribution in [1.29, 1.82) is 0 Å². The van der Waals surface area contributed by atoms with E-state index in [1.807, 2.05) is 0 Å². The molecule has 0 saturated heterocycles. The van der Waals surface area contributed by atoms with Gasteiger partial charge < -0.3 is 0 Å². The van der Waals surface area contributed by atoms with Crippen LogP contribution in [0.5, 0.6) is 0 Å². The summed E-state index contributed by atoms with van der Waals surface area (Å²) in [6, 6.07) is 0. The third-order valence-corrected chi connectivity index (χ3v) is 6.96. The van der Waals surface area contributed by atoms with Gasteiger partial charge in [-0.2, -0.15) is 12.6 Å². The lowest BCUT2D eigenvalue weighted by atomic mass is 9.45. The molecule has 0 aromatic rings. The van der Waals surface area contributed by atoms with Crippen molar-refractivity contribution < 1.29 is 0 Å². The zero-order chi connectivity index (χ0) is 11.1. The second kappa shape index (κ2) is 3.02. The van der Waals surface area contributed by atoms with Gasteiger partial charge in [-0.15, -0.1) is 0 Å². The summed E-state index contributed by atoms with van der Waals surface area (Å²) < 4.78 is 0.355. The van der Waals surface area contributed by atoms with Crippen LogP contribution in [0.3, 0.4) is 0 Å². The summed E-state index contributed by atoms with van der Waals surface area (Å²) in [5, 5.41) is 0. The predicted octanol–water partition coefficient (Wildman–Crippen LogP) is 4.01. The van der Waals surface area contributed by atoms with Gasteiger partial charge >= 0.3 is 0 Å². The molecule has 0 amide bonds. The maximum absolute atomic E-state index is 4.94. The van der Waals surface area contributed by atoms with E-state index in [0.29, 0.717) is 4.75 Å². The highest BCUT2D eigenvalue weighted by atomic mass is 32.1. The Kier molecular flexibility index (Phi) is 1.94. The van der Waals surface area contributed by atoms with E-state index in [-0.39, 0.29) is 0 Å². The van der Waals surface area contributed by atoms with E-state index in [2.05, 4.69) is 13.8 Å². The highest BCUT2D eigenvalue weighted by molar-refractivity contribution is 7.81. The molecule has 0 heterocycles. The molecule has 0 nitrogen and oxygen atoms in total. The van der Waals surface area contributed by atoms with Gasteiger partial charge in [0.1, 0.15) is 0 Å². The Labute approximate surface area is 105 Å². The van der Waals surface area contributed by atoms with Crippen molar-refractivity contribution >= 4 is 12.6 Å². The SMILES string of the molecule is CC1CCC2CC3CC(C)(S)CC4C1C2C34. The minimum atomic E-state index is 0.355. The van der Waals surface area contributed by atoms with Gasteiger partial charge in [0.25, 0.3) is 0 Å². The van der Waals surface area contributed by atoms with Gasteiger partial charge in [0.15, 0.2) is 0 Å². The molecule has 4 saturated carbocycles. The molecule has 0 bridgehead atoms. The highest BCUT2D eigenvalue weighted by Crippen LogP contribution is 2.71. The van der Waals surface area contributed by atoms with Crippen LogP contribution in [0.1, 0.15) is 46.0 Å². The van der Waals surface area contributed by atoms with Crippen LogP contribution in [0.25, 0.3) is 0 Å². The van der Waals surface area contributed by atoms with Crippen LogP contribution in [0.2, 0.25) is 0 Å². The fourth-order valence-corrected chi connectivity index (χ4v) is 6.81. The monoisotopic (exact) mass is 236 g/mol. The quantitative estimate of drug-likeness (QED) is 0.604. The van der Waals surface area contributed by atoms with Crippen LogP contribution in [0.15, 0.2) is 0 Å². The summed E-state index contributed by atoms with van der Waals surface area (Å²) in [7, 11) is 0. The first kappa shape index (κ1) is 10.3. The molecule has 0 radical (unpaired) electrons. The zero-order valence-corrected chi connectivity index (χ0v) is 11.4. The Hall–Kier alpha value is 0.350. The van der Waals surface area contributed by atoms with Gasteiger partial charge in [0, 0.05) is 4.75 Å². The predicted molar refractivity (Wildman–Crippen MR) is 70.6 cm³/mol. The van der Waals surface area contributed by atoms with E-state index >= 15 is 0 Å². The third kappa shape index (κ3) is 1.14. The Balaban J connectivity index is 1.70. The largest absolute Gasteiger partial charge is 0.173 e. The maximum Gasteiger partial charge on any atom is 0.0107 e. The lowest BCUT2D eigenvalue weighted by Gasteiger charge is -2.61. The first-order chi connectivity index (χ1) is 7.57. The van der Waals surface area contributed by atoms with Crippen molar-refractivity contribution in [1.82, 2.24) is 0 Å². The molecule has 4 rings (SSSR count). The van der Waals surface area contributed by atoms with Crippen molar-refractivity contribution in [3.63, 3.8) is 0 Å². The third-order valence-electron chi connectivity index (χ3n) is 6.60. The number of hydrogen-bond donors (Lipinski definition) is 1. The van der Waals surface area contributed by atoms with Gasteiger partial charge in [0.05, 0.1) is 0 Å². The minimum absolute atomic E-state index is 0.355. The van der Waals surface area contributed by atoms with Crippen molar-refractivity contribution in [2.45, 2.75) is 50.7 Å². The lowest BCUT2D eigenvalue weighted by molar-refractivity contribution is -0.118. The molecule has 0 N–H and O–H groups in total. The number of fused-ring (bicyclic) bond motifs is 1. The summed E-state index contributed by atoms with van der Waals surface area (Å²) in [5.74, 6) is 7.64. The Morgan fingerprint density at radius 3 is 2.62 bits per heavy atom. The lowest BCUT2D eigenvalue weighted by Crippen LogP contribution is -2.57. The molecule has 16 heavy (non-hydrogen) atoms. The fourth-order valence-electron chi connectivity index (χ4n) is 6.36. The molecule has 1 heteroatoms. The van der Waals surface area contributed by atoms with Crippen LogP contribution >= 0.6 is 12.6 Å². The van der Waals surface area contributed by atoms with Gasteiger partial charge in [0.2, 0.25) is 0 Å². The van der Waals surface area contributed by atoms with E-state index in [1.165, 1.54) is 19.3 Å². The first-order valence-corrected chi connectivity index (χ1v) is 7.74. The topological polar surface area (TPSA) is 0 Å². The Morgan fingerprint density at radius 2 is 1.81 bits per heavy atom. The van der Waals surface area contributed by atoms with Crippen LogP contribution in [-0.2, 0) is 0 Å². The molecule has 0 spiro atoms. The van der Waals surface area contributed by atoms with E-state index in [9.17, 15) is 0 Å². The van der Waals surface area contributed by atoms with Gasteiger partial charge in [-0.25, -0.2) is 0 Å². The zero-order valence-electron chi connectivity index (χ0n) is 10.5. The van der Waals surface area contributed by atoms with Crippen LogP contribution in [0, 0.1) is 41.4 Å². The molecule has 8 unspecified atom stereocenters. The van der Waals surface area contributed by atoms with Gasteiger partial charge in [-0.3, -0.25) is 0 Å². The van der Waals surface area contributed by atoms with E-state index in [0.717, 1.165) is 41.4 Å². The smallest absolute Gasteiger partial charge is 0.0107 e. The highest BCUT2D eigenvalue weighted by Gasteiger charge is 2.65. The summed E-state index contributed by atoms with van der Waals surface area (Å²) in [6.07, 6.45) is 7.45. The summed E-state index contributed by atoms with van der Waals surface area (Å²) >= 11 is 4.94. The minimum Gasteiger partial charge on any atom is -0.173 e. The van der Waals surface area contributed by atoms with Crippen LogP contribution in [-0.4, -0.2) is 4.75 Å². The standard InChI is InChI=1S/C15H24S/c1-8-3-4-9-5-10-6-15(2,16)7-11-12(8)14(9)13(10)11/h8-14,16H,3-7H2,1-2H3. The fraction of sp³-hybridized carbons (Fsp3) is 1.00. The van der Waals surface area contributed by atoms with Gasteiger partial charge in [-0.05, 0) is 67.1 Å². The van der Waals surface area contributed by atoms with Crippen molar-refractivity contribution in [2.24, 2.45) is 41.4 Å². The van der Waals surface area contributed by atoms with Crippen LogP contribution < -0.4 is 0 Å². The molecule has 4 fully saturated rings. The molecule has 90 valence electrons. The molecule has 0 aliphatic heterocycles. The molecular weight excluding hydrogens is 212 g/mol.